The van der Waals surface area contributed by atoms with Crippen molar-refractivity contribution in [3.63, 3.8) is 0 Å². The van der Waals surface area contributed by atoms with Gasteiger partial charge in [-0.3, -0.25) is 5.32 Å². The molecular weight excluding hydrogens is 610 g/mol. The van der Waals surface area contributed by atoms with Gasteiger partial charge in [0.1, 0.15) is 11.4 Å². The lowest BCUT2D eigenvalue weighted by atomic mass is 10.0. The molecular formula is C32H38BrN7O3. The summed E-state index contributed by atoms with van der Waals surface area (Å²) in [6, 6.07) is 14.0. The summed E-state index contributed by atoms with van der Waals surface area (Å²) in [4.78, 5) is 26.8. The van der Waals surface area contributed by atoms with Gasteiger partial charge in [-0.15, -0.1) is 0 Å². The number of para-hydroxylation sites is 1. The zero-order chi connectivity index (χ0) is 30.5. The van der Waals surface area contributed by atoms with E-state index in [0.717, 1.165) is 72.9 Å². The van der Waals surface area contributed by atoms with Crippen molar-refractivity contribution in [2.45, 2.75) is 26.7 Å². The summed E-state index contributed by atoms with van der Waals surface area (Å²) in [7, 11) is 5.68. The normalized spacial score (nSPS) is 13.6. The van der Waals surface area contributed by atoms with E-state index in [2.05, 4.69) is 68.3 Å². The van der Waals surface area contributed by atoms with E-state index in [1.165, 1.54) is 0 Å². The average molecular weight is 649 g/mol. The number of rotatable bonds is 9. The third-order valence-electron chi connectivity index (χ3n) is 7.70. The number of nitrogens with one attached hydrogen (secondary N) is 2. The number of carbonyl (C=O) groups excluding carboxylic acids is 1. The molecule has 11 heteroatoms. The van der Waals surface area contributed by atoms with Crippen molar-refractivity contribution >= 4 is 45.0 Å². The molecule has 43 heavy (non-hydrogen) atoms. The number of carbonyl (C=O) groups is 1. The molecule has 0 atom stereocenters. The van der Waals surface area contributed by atoms with Gasteiger partial charge in [-0.25, -0.2) is 14.8 Å². The minimum absolute atomic E-state index is 0.406. The van der Waals surface area contributed by atoms with Gasteiger partial charge < -0.3 is 29.2 Å². The Hall–Kier alpha value is -4.09. The first kappa shape index (κ1) is 30.4. The number of anilines is 4. The number of halogens is 1. The van der Waals surface area contributed by atoms with Crippen molar-refractivity contribution in [1.29, 1.82) is 0 Å². The number of hydrogen-bond acceptors (Lipinski definition) is 8. The summed E-state index contributed by atoms with van der Waals surface area (Å²) in [5.74, 6) is 1.53. The first-order valence-electron chi connectivity index (χ1n) is 14.5. The maximum Gasteiger partial charge on any atom is 0.417 e. The molecule has 1 aliphatic rings. The second kappa shape index (κ2) is 13.5. The monoisotopic (exact) mass is 647 g/mol. The van der Waals surface area contributed by atoms with Crippen molar-refractivity contribution < 1.29 is 14.3 Å². The van der Waals surface area contributed by atoms with Crippen molar-refractivity contribution in [1.82, 2.24) is 19.4 Å². The van der Waals surface area contributed by atoms with Gasteiger partial charge >= 0.3 is 6.09 Å². The SMILES string of the molecule is CCc1cccc(CC)c1NC(=O)Oc1cc(-c2nc(Nc3ccc(N4CCN(C)CC4)cc3OC)ncc2Br)n(C)c1. The second-order valence-corrected chi connectivity index (χ2v) is 11.4. The van der Waals surface area contributed by atoms with Gasteiger partial charge in [0, 0.05) is 63.4 Å². The molecule has 5 rings (SSSR count). The topological polar surface area (TPSA) is 96.8 Å². The van der Waals surface area contributed by atoms with E-state index in [1.807, 2.05) is 41.9 Å². The number of ether oxygens (including phenoxy) is 2. The zero-order valence-corrected chi connectivity index (χ0v) is 26.9. The number of aryl methyl sites for hydroxylation is 3. The minimum atomic E-state index is -0.538. The zero-order valence-electron chi connectivity index (χ0n) is 25.3. The first-order chi connectivity index (χ1) is 20.8. The molecule has 0 radical (unpaired) electrons. The van der Waals surface area contributed by atoms with Gasteiger partial charge in [0.05, 0.1) is 28.7 Å². The Kier molecular flexibility index (Phi) is 9.52. The number of likely N-dealkylation sites (N-methyl/N-ethyl adjacent to an activating group) is 1. The van der Waals surface area contributed by atoms with Crippen LogP contribution >= 0.6 is 15.9 Å². The number of aromatic nitrogens is 3. The number of benzene rings is 2. The third kappa shape index (κ3) is 6.94. The van der Waals surface area contributed by atoms with E-state index in [4.69, 9.17) is 14.5 Å². The van der Waals surface area contributed by atoms with Gasteiger partial charge in [-0.05, 0) is 59.1 Å². The Morgan fingerprint density at radius 3 is 2.42 bits per heavy atom. The average Bonchev–Trinajstić information content (AvgIpc) is 3.37. The number of methoxy groups -OCH3 is 1. The predicted octanol–water partition coefficient (Wildman–Crippen LogP) is 6.48. The Morgan fingerprint density at radius 2 is 1.74 bits per heavy atom. The molecule has 0 spiro atoms. The summed E-state index contributed by atoms with van der Waals surface area (Å²) in [6.45, 7) is 8.14. The van der Waals surface area contributed by atoms with Gasteiger partial charge in [0.15, 0.2) is 5.75 Å². The molecule has 3 heterocycles. The molecule has 0 unspecified atom stereocenters. The fraction of sp³-hybridized carbons (Fsp3) is 0.344. The van der Waals surface area contributed by atoms with Crippen LogP contribution in [0.25, 0.3) is 11.4 Å². The predicted molar refractivity (Wildman–Crippen MR) is 175 cm³/mol. The van der Waals surface area contributed by atoms with Gasteiger partial charge in [-0.1, -0.05) is 32.0 Å². The molecule has 226 valence electrons. The van der Waals surface area contributed by atoms with Crippen LogP contribution in [0.1, 0.15) is 25.0 Å². The summed E-state index contributed by atoms with van der Waals surface area (Å²) in [6.07, 6.45) is 4.53. The quantitative estimate of drug-likeness (QED) is 0.213. The van der Waals surface area contributed by atoms with Crippen LogP contribution in [0.5, 0.6) is 11.5 Å². The standard InChI is InChI=1S/C32H38BrN7O3/c1-6-21-9-8-10-22(7-2)29(21)37-32(41)43-24-18-27(39(4)20-24)30-25(33)19-34-31(36-30)35-26-12-11-23(17-28(26)42-5)40-15-13-38(3)14-16-40/h8-12,17-20H,6-7,13-16H2,1-5H3,(H,37,41)(H,34,35,36). The highest BCUT2D eigenvalue weighted by Gasteiger charge is 2.19. The molecule has 0 aliphatic carbocycles. The minimum Gasteiger partial charge on any atom is -0.494 e. The van der Waals surface area contributed by atoms with E-state index < -0.39 is 6.09 Å². The lowest BCUT2D eigenvalue weighted by molar-refractivity contribution is 0.215. The Balaban J connectivity index is 1.33. The fourth-order valence-corrected chi connectivity index (χ4v) is 5.63. The number of hydrogen-bond donors (Lipinski definition) is 2. The van der Waals surface area contributed by atoms with Gasteiger partial charge in [0.25, 0.3) is 0 Å². The van der Waals surface area contributed by atoms with Crippen LogP contribution < -0.4 is 25.0 Å². The highest BCUT2D eigenvalue weighted by molar-refractivity contribution is 9.10. The third-order valence-corrected chi connectivity index (χ3v) is 8.28. The van der Waals surface area contributed by atoms with E-state index in [-0.39, 0.29) is 0 Å². The summed E-state index contributed by atoms with van der Waals surface area (Å²) in [5.41, 5.74) is 6.24. The molecule has 2 aromatic heterocycles. The summed E-state index contributed by atoms with van der Waals surface area (Å²) in [5, 5.41) is 6.26. The van der Waals surface area contributed by atoms with Crippen LogP contribution in [0.15, 0.2) is 59.3 Å². The summed E-state index contributed by atoms with van der Waals surface area (Å²) < 4.78 is 14.0. The number of piperazine rings is 1. The van der Waals surface area contributed by atoms with Crippen LogP contribution in [-0.2, 0) is 19.9 Å². The second-order valence-electron chi connectivity index (χ2n) is 10.5. The van der Waals surface area contributed by atoms with Crippen molar-refractivity contribution in [2.24, 2.45) is 7.05 Å². The van der Waals surface area contributed by atoms with Crippen LogP contribution in [0.2, 0.25) is 0 Å². The number of nitrogens with zero attached hydrogens (tertiary/aromatic N) is 5. The van der Waals surface area contributed by atoms with E-state index >= 15 is 0 Å². The van der Waals surface area contributed by atoms with Crippen molar-refractivity contribution in [2.75, 3.05) is 55.9 Å². The van der Waals surface area contributed by atoms with E-state index in [1.54, 1.807) is 25.6 Å². The van der Waals surface area contributed by atoms with Crippen LogP contribution in [0, 0.1) is 0 Å². The van der Waals surface area contributed by atoms with Crippen molar-refractivity contribution in [3.8, 4) is 22.9 Å². The molecule has 2 aromatic carbocycles. The molecule has 0 saturated carbocycles. The molecule has 10 nitrogen and oxygen atoms in total. The lowest BCUT2D eigenvalue weighted by Crippen LogP contribution is -2.44. The van der Waals surface area contributed by atoms with E-state index in [9.17, 15) is 4.79 Å². The lowest BCUT2D eigenvalue weighted by Gasteiger charge is -2.34. The molecule has 1 fully saturated rings. The maximum absolute atomic E-state index is 12.9. The Bertz CT molecular complexity index is 1580. The van der Waals surface area contributed by atoms with Crippen LogP contribution in [0.3, 0.4) is 0 Å². The molecule has 1 amide bonds. The molecule has 1 aliphatic heterocycles. The van der Waals surface area contributed by atoms with Crippen LogP contribution in [-0.4, -0.2) is 65.9 Å². The highest BCUT2D eigenvalue weighted by Crippen LogP contribution is 2.34. The largest absolute Gasteiger partial charge is 0.494 e. The smallest absolute Gasteiger partial charge is 0.417 e. The summed E-state index contributed by atoms with van der Waals surface area (Å²) >= 11 is 3.59. The maximum atomic E-state index is 12.9. The van der Waals surface area contributed by atoms with Gasteiger partial charge in [-0.2, -0.15) is 0 Å². The molecule has 4 aromatic rings. The fourth-order valence-electron chi connectivity index (χ4n) is 5.24. The Labute approximate surface area is 261 Å². The van der Waals surface area contributed by atoms with Crippen LogP contribution in [0.4, 0.5) is 27.8 Å². The molecule has 2 N–H and O–H groups in total. The molecule has 1 saturated heterocycles. The Morgan fingerprint density at radius 1 is 1.02 bits per heavy atom. The first-order valence-corrected chi connectivity index (χ1v) is 15.3. The number of amides is 1. The molecule has 0 bridgehead atoms. The van der Waals surface area contributed by atoms with Crippen molar-refractivity contribution in [3.05, 3.63) is 70.5 Å². The van der Waals surface area contributed by atoms with E-state index in [0.29, 0.717) is 27.6 Å². The van der Waals surface area contributed by atoms with Gasteiger partial charge in [0.2, 0.25) is 5.95 Å². The highest BCUT2D eigenvalue weighted by atomic mass is 79.9.